The van der Waals surface area contributed by atoms with Gasteiger partial charge in [0.25, 0.3) is 0 Å². The summed E-state index contributed by atoms with van der Waals surface area (Å²) >= 11 is 0. The Morgan fingerprint density at radius 2 is 2.00 bits per heavy atom. The smallest absolute Gasteiger partial charge is 0.359 e. The first-order chi connectivity index (χ1) is 10.5. The monoisotopic (exact) mass is 329 g/mol. The highest BCUT2D eigenvalue weighted by Crippen LogP contribution is 2.25. The number of hydroxylamine groups is 1. The molecule has 0 aliphatic carbocycles. The molecule has 1 aliphatic heterocycles. The molecule has 0 aromatic heterocycles. The summed E-state index contributed by atoms with van der Waals surface area (Å²) in [5.74, 6) is -1.15. The van der Waals surface area contributed by atoms with E-state index in [9.17, 15) is 9.59 Å². The average molecular weight is 329 g/mol. The first-order valence-corrected chi connectivity index (χ1v) is 7.63. The van der Waals surface area contributed by atoms with E-state index in [0.29, 0.717) is 0 Å². The van der Waals surface area contributed by atoms with Gasteiger partial charge in [-0.2, -0.15) is 0 Å². The fraction of sp³-hybridized carbons (Fsp3) is 0.733. The lowest BCUT2D eigenvalue weighted by molar-refractivity contribution is -0.222. The minimum absolute atomic E-state index is 0.0639. The molecule has 1 rings (SSSR count). The number of hydrogen-bond acceptors (Lipinski definition) is 8. The van der Waals surface area contributed by atoms with Crippen LogP contribution in [0, 0.1) is 5.92 Å². The minimum Gasteiger partial charge on any atom is -0.461 e. The Morgan fingerprint density at radius 1 is 1.39 bits per heavy atom. The van der Waals surface area contributed by atoms with Crippen molar-refractivity contribution in [2.45, 2.75) is 59.2 Å². The molecule has 0 amide bonds. The van der Waals surface area contributed by atoms with E-state index in [1.807, 2.05) is 13.8 Å². The minimum atomic E-state index is -1.59. The zero-order valence-electron chi connectivity index (χ0n) is 14.6. The molecular formula is C15H27N3O5. The Bertz CT molecular complexity index is 484. The first-order valence-electron chi connectivity index (χ1n) is 7.63. The van der Waals surface area contributed by atoms with Crippen molar-refractivity contribution in [3.63, 3.8) is 0 Å². The van der Waals surface area contributed by atoms with Crippen molar-refractivity contribution in [2.24, 2.45) is 11.7 Å². The van der Waals surface area contributed by atoms with E-state index in [0.717, 1.165) is 11.4 Å². The maximum absolute atomic E-state index is 12.6. The molecule has 0 bridgehead atoms. The molecule has 23 heavy (non-hydrogen) atoms. The van der Waals surface area contributed by atoms with Gasteiger partial charge in [0.2, 0.25) is 5.66 Å². The number of nitrogens with two attached hydrogens (primary N) is 1. The number of ether oxygens (including phenoxy) is 2. The molecule has 0 fully saturated rings. The van der Waals surface area contributed by atoms with Crippen LogP contribution in [0.5, 0.6) is 0 Å². The van der Waals surface area contributed by atoms with Gasteiger partial charge in [-0.05, 0) is 45.2 Å². The largest absolute Gasteiger partial charge is 0.461 e. The summed E-state index contributed by atoms with van der Waals surface area (Å²) < 4.78 is 10.3. The van der Waals surface area contributed by atoms with Crippen LogP contribution in [0.15, 0.2) is 12.0 Å². The number of nitrogens with one attached hydrogen (secondary N) is 1. The summed E-state index contributed by atoms with van der Waals surface area (Å²) in [6.07, 6.45) is 1.42. The predicted octanol–water partition coefficient (Wildman–Crippen LogP) is 1.19. The number of carbonyl (C=O) groups excluding carboxylic acids is 2. The third-order valence-electron chi connectivity index (χ3n) is 2.83. The number of carbonyl (C=O) groups is 2. The van der Waals surface area contributed by atoms with Gasteiger partial charge in [0, 0.05) is 0 Å². The van der Waals surface area contributed by atoms with Crippen molar-refractivity contribution in [1.82, 2.24) is 10.6 Å². The summed E-state index contributed by atoms with van der Waals surface area (Å²) in [5, 5.41) is 1.04. The molecular weight excluding hydrogens is 302 g/mol. The second-order valence-corrected chi connectivity index (χ2v) is 6.79. The predicted molar refractivity (Wildman–Crippen MR) is 83.0 cm³/mol. The molecule has 1 heterocycles. The van der Waals surface area contributed by atoms with Crippen molar-refractivity contribution in [3.8, 4) is 0 Å². The number of hydrazine groups is 1. The fourth-order valence-corrected chi connectivity index (χ4v) is 2.00. The lowest BCUT2D eigenvalue weighted by atomic mass is 9.98. The molecule has 0 unspecified atom stereocenters. The summed E-state index contributed by atoms with van der Waals surface area (Å²) in [6.45, 7) is 11.0. The van der Waals surface area contributed by atoms with Crippen LogP contribution in [0.25, 0.3) is 0 Å². The maximum atomic E-state index is 12.6. The van der Waals surface area contributed by atoms with Crippen LogP contribution in [0.4, 0.5) is 0 Å². The highest BCUT2D eigenvalue weighted by atomic mass is 16.7. The summed E-state index contributed by atoms with van der Waals surface area (Å²) in [7, 11) is 0. The van der Waals surface area contributed by atoms with Gasteiger partial charge in [0.05, 0.1) is 6.61 Å². The van der Waals surface area contributed by atoms with Crippen molar-refractivity contribution >= 4 is 11.9 Å². The highest BCUT2D eigenvalue weighted by molar-refractivity contribution is 5.88. The molecule has 1 aliphatic rings. The summed E-state index contributed by atoms with van der Waals surface area (Å²) in [4.78, 5) is 29.5. The molecule has 0 radical (unpaired) electrons. The molecule has 132 valence electrons. The lowest BCUT2D eigenvalue weighted by Crippen LogP contribution is -2.65. The molecule has 0 aromatic carbocycles. The molecule has 3 N–H and O–H groups in total. The topological polar surface area (TPSA) is 103 Å². The Kier molecular flexibility index (Phi) is 6.01. The number of hydrogen-bond donors (Lipinski definition) is 2. The molecule has 0 spiro atoms. The van der Waals surface area contributed by atoms with Crippen molar-refractivity contribution in [3.05, 3.63) is 12.0 Å². The van der Waals surface area contributed by atoms with Crippen LogP contribution >= 0.6 is 0 Å². The van der Waals surface area contributed by atoms with E-state index in [-0.39, 0.29) is 24.6 Å². The van der Waals surface area contributed by atoms with Crippen LogP contribution in [-0.2, 0) is 23.9 Å². The van der Waals surface area contributed by atoms with E-state index >= 15 is 0 Å². The standard InChI is InChI=1S/C15H27N3O5/c1-7-21-12(19)11-9-22-18(17-11)15(16,8-10(2)3)13(20)23-14(4,5)6/h9-10,17H,7-8,16H2,1-6H3/t15-/m0/s1. The van der Waals surface area contributed by atoms with Gasteiger partial charge in [0.1, 0.15) is 11.9 Å². The van der Waals surface area contributed by atoms with Gasteiger partial charge in [-0.1, -0.05) is 13.8 Å². The van der Waals surface area contributed by atoms with Gasteiger partial charge in [0.15, 0.2) is 5.70 Å². The van der Waals surface area contributed by atoms with Gasteiger partial charge >= 0.3 is 11.9 Å². The second kappa shape index (κ2) is 7.18. The Morgan fingerprint density at radius 3 is 2.48 bits per heavy atom. The lowest BCUT2D eigenvalue weighted by Gasteiger charge is -2.37. The zero-order chi connectivity index (χ0) is 17.8. The van der Waals surface area contributed by atoms with Gasteiger partial charge < -0.3 is 14.3 Å². The SMILES string of the molecule is CCOC(=O)C1=CON([C@@](N)(CC(C)C)C(=O)OC(C)(C)C)N1. The van der Waals surface area contributed by atoms with E-state index in [4.69, 9.17) is 20.0 Å². The number of rotatable bonds is 6. The first kappa shape index (κ1) is 19.2. The summed E-state index contributed by atoms with van der Waals surface area (Å²) in [6, 6.07) is 0. The quantitative estimate of drug-likeness (QED) is 0.700. The Hall–Kier alpha value is -1.80. The van der Waals surface area contributed by atoms with Crippen LogP contribution in [-0.4, -0.2) is 35.0 Å². The number of nitrogens with zero attached hydrogens (tertiary/aromatic N) is 1. The second-order valence-electron chi connectivity index (χ2n) is 6.79. The van der Waals surface area contributed by atoms with E-state index < -0.39 is 23.2 Å². The van der Waals surface area contributed by atoms with Gasteiger partial charge in [-0.25, -0.2) is 9.59 Å². The van der Waals surface area contributed by atoms with Gasteiger partial charge in [-0.3, -0.25) is 11.2 Å². The van der Waals surface area contributed by atoms with Gasteiger partial charge in [-0.15, -0.1) is 0 Å². The third kappa shape index (κ3) is 5.11. The van der Waals surface area contributed by atoms with Crippen LogP contribution in [0.2, 0.25) is 0 Å². The van der Waals surface area contributed by atoms with Crippen LogP contribution < -0.4 is 11.2 Å². The normalized spacial score (nSPS) is 17.8. The molecule has 0 saturated carbocycles. The summed E-state index contributed by atoms with van der Waals surface area (Å²) in [5.41, 5.74) is 6.70. The molecule has 0 aromatic rings. The Labute approximate surface area is 136 Å². The van der Waals surface area contributed by atoms with E-state index in [2.05, 4.69) is 5.43 Å². The van der Waals surface area contributed by atoms with E-state index in [1.54, 1.807) is 27.7 Å². The highest BCUT2D eigenvalue weighted by Gasteiger charge is 2.48. The molecule has 0 saturated heterocycles. The third-order valence-corrected chi connectivity index (χ3v) is 2.83. The maximum Gasteiger partial charge on any atom is 0.359 e. The van der Waals surface area contributed by atoms with E-state index in [1.165, 1.54) is 0 Å². The zero-order valence-corrected chi connectivity index (χ0v) is 14.6. The van der Waals surface area contributed by atoms with Crippen molar-refractivity contribution in [1.29, 1.82) is 0 Å². The molecule has 1 atom stereocenters. The number of esters is 2. The fourth-order valence-electron chi connectivity index (χ4n) is 2.00. The molecule has 8 heteroatoms. The van der Waals surface area contributed by atoms with Crippen LogP contribution in [0.1, 0.15) is 48.0 Å². The Balaban J connectivity index is 2.92. The van der Waals surface area contributed by atoms with Crippen molar-refractivity contribution < 1.29 is 23.9 Å². The average Bonchev–Trinajstić information content (AvgIpc) is 2.86. The van der Waals surface area contributed by atoms with Crippen molar-refractivity contribution in [2.75, 3.05) is 6.61 Å². The van der Waals surface area contributed by atoms with Crippen LogP contribution in [0.3, 0.4) is 0 Å². The molecule has 8 nitrogen and oxygen atoms in total.